The molecule has 1 unspecified atom stereocenters. The van der Waals surface area contributed by atoms with Crippen molar-refractivity contribution in [3.05, 3.63) is 68.9 Å². The largest absolute Gasteiger partial charge is 0.503 e. The Balaban J connectivity index is 1.66. The molecule has 1 amide bonds. The molecule has 4 aromatic rings. The number of aryl methyl sites for hydroxylation is 2. The van der Waals surface area contributed by atoms with Crippen LogP contribution in [-0.2, 0) is 4.79 Å². The number of hydrogen-bond donors (Lipinski definition) is 1. The van der Waals surface area contributed by atoms with Gasteiger partial charge in [0.2, 0.25) is 5.78 Å². The number of methoxy groups -OCH3 is 1. The Bertz CT molecular complexity index is 1660. The molecule has 9 nitrogen and oxygen atoms in total. The van der Waals surface area contributed by atoms with E-state index in [1.54, 1.807) is 38.3 Å². The van der Waals surface area contributed by atoms with Crippen molar-refractivity contribution in [3.8, 4) is 17.2 Å². The number of carbonyl (C=O) groups excluding carboxylic acids is 2. The topological polar surface area (TPSA) is 111 Å². The summed E-state index contributed by atoms with van der Waals surface area (Å²) in [7, 11) is 1.58. The number of thiazole rings is 2. The van der Waals surface area contributed by atoms with Crippen LogP contribution in [0.1, 0.15) is 58.7 Å². The van der Waals surface area contributed by atoms with Crippen LogP contribution in [0.2, 0.25) is 0 Å². The normalized spacial score (nSPS) is 15.2. The summed E-state index contributed by atoms with van der Waals surface area (Å²) in [6, 6.07) is 9.82. The van der Waals surface area contributed by atoms with E-state index in [-0.39, 0.29) is 5.57 Å². The summed E-state index contributed by atoms with van der Waals surface area (Å²) >= 11 is 2.51. The Morgan fingerprint density at radius 1 is 1.05 bits per heavy atom. The van der Waals surface area contributed by atoms with Gasteiger partial charge in [-0.2, -0.15) is 0 Å². The highest BCUT2D eigenvalue weighted by atomic mass is 32.1. The molecular weight excluding hydrogens is 562 g/mol. The SMILES string of the molecule is CCCCOc1ccc(C2C(C(=O)c3sc(C)nc3C)=C(O)C(=O)N2c2nc3ccc(OC)cc3s2)cc1OCC. The number of Topliss-reactive ketones (excluding diaryl/α,β-unsaturated/α-hetero) is 1. The molecule has 1 N–H and O–H groups in total. The van der Waals surface area contributed by atoms with E-state index in [0.29, 0.717) is 57.2 Å². The molecule has 0 bridgehead atoms. The highest BCUT2D eigenvalue weighted by molar-refractivity contribution is 7.22. The van der Waals surface area contributed by atoms with Gasteiger partial charge in [0.1, 0.15) is 5.75 Å². The van der Waals surface area contributed by atoms with Crippen LogP contribution in [0.4, 0.5) is 5.13 Å². The fourth-order valence-electron chi connectivity index (χ4n) is 4.75. The Hall–Kier alpha value is -3.96. The second-order valence-electron chi connectivity index (χ2n) is 9.49. The molecule has 2 aromatic heterocycles. The van der Waals surface area contributed by atoms with Crippen molar-refractivity contribution in [2.45, 2.75) is 46.6 Å². The number of amides is 1. The molecule has 0 radical (unpaired) electrons. The average Bonchev–Trinajstić information content (AvgIpc) is 3.61. The monoisotopic (exact) mass is 593 g/mol. The van der Waals surface area contributed by atoms with E-state index in [1.165, 1.54) is 27.6 Å². The van der Waals surface area contributed by atoms with E-state index in [9.17, 15) is 14.7 Å². The van der Waals surface area contributed by atoms with Crippen molar-refractivity contribution in [2.24, 2.45) is 0 Å². The summed E-state index contributed by atoms with van der Waals surface area (Å²) in [4.78, 5) is 38.6. The Morgan fingerprint density at radius 3 is 2.54 bits per heavy atom. The molecule has 2 aromatic carbocycles. The fourth-order valence-corrected chi connectivity index (χ4v) is 6.64. The van der Waals surface area contributed by atoms with E-state index in [4.69, 9.17) is 19.2 Å². The van der Waals surface area contributed by atoms with E-state index in [1.807, 2.05) is 26.0 Å². The highest BCUT2D eigenvalue weighted by Gasteiger charge is 2.46. The van der Waals surface area contributed by atoms with Gasteiger partial charge in [0.15, 0.2) is 22.4 Å². The van der Waals surface area contributed by atoms with Gasteiger partial charge >= 0.3 is 0 Å². The molecule has 0 fully saturated rings. The number of anilines is 1. The quantitative estimate of drug-likeness (QED) is 0.150. The summed E-state index contributed by atoms with van der Waals surface area (Å²) in [5.74, 6) is -0.0408. The maximum Gasteiger partial charge on any atom is 0.296 e. The predicted octanol–water partition coefficient (Wildman–Crippen LogP) is 6.74. The third kappa shape index (κ3) is 5.39. The minimum Gasteiger partial charge on any atom is -0.503 e. The number of aliphatic hydroxyl groups excluding tert-OH is 1. The number of aliphatic hydroxyl groups is 1. The first-order chi connectivity index (χ1) is 19.8. The van der Waals surface area contributed by atoms with Crippen LogP contribution in [0.25, 0.3) is 10.2 Å². The summed E-state index contributed by atoms with van der Waals surface area (Å²) in [5, 5.41) is 12.3. The Kier molecular flexibility index (Phi) is 8.27. The van der Waals surface area contributed by atoms with Crippen LogP contribution in [0.5, 0.6) is 17.2 Å². The molecule has 0 aliphatic carbocycles. The maximum atomic E-state index is 14.0. The molecule has 0 saturated carbocycles. The average molecular weight is 594 g/mol. The molecule has 41 heavy (non-hydrogen) atoms. The summed E-state index contributed by atoms with van der Waals surface area (Å²) in [6.45, 7) is 8.45. The lowest BCUT2D eigenvalue weighted by Crippen LogP contribution is -2.31. The van der Waals surface area contributed by atoms with Gasteiger partial charge in [0.05, 0.1) is 57.7 Å². The van der Waals surface area contributed by atoms with Gasteiger partial charge in [-0.25, -0.2) is 9.97 Å². The number of aromatic nitrogens is 2. The molecule has 0 saturated heterocycles. The van der Waals surface area contributed by atoms with E-state index < -0.39 is 23.5 Å². The standard InChI is InChI=1S/C30H31N3O6S2/c1-6-8-13-39-21-12-9-18(14-22(21)38-7-2)25-24(26(34)28-16(3)31-17(4)40-28)27(35)29(36)33(25)30-32-20-11-10-19(37-5)15-23(20)41-30/h9-12,14-15,25,35H,6-8,13H2,1-5H3. The molecule has 214 valence electrons. The number of fused-ring (bicyclic) bond motifs is 1. The molecule has 0 spiro atoms. The van der Waals surface area contributed by atoms with Gasteiger partial charge in [-0.1, -0.05) is 30.7 Å². The molecular formula is C30H31N3O6S2. The van der Waals surface area contributed by atoms with Gasteiger partial charge in [-0.05, 0) is 63.1 Å². The van der Waals surface area contributed by atoms with Crippen LogP contribution in [0, 0.1) is 13.8 Å². The second-order valence-corrected chi connectivity index (χ2v) is 11.7. The molecule has 1 aliphatic rings. The van der Waals surface area contributed by atoms with Crippen molar-refractivity contribution >= 4 is 49.7 Å². The van der Waals surface area contributed by atoms with Crippen molar-refractivity contribution in [1.29, 1.82) is 0 Å². The van der Waals surface area contributed by atoms with Crippen molar-refractivity contribution in [1.82, 2.24) is 9.97 Å². The summed E-state index contributed by atoms with van der Waals surface area (Å²) in [6.07, 6.45) is 1.88. The lowest BCUT2D eigenvalue weighted by Gasteiger charge is -2.25. The number of ether oxygens (including phenoxy) is 3. The van der Waals surface area contributed by atoms with Gasteiger partial charge in [-0.3, -0.25) is 14.5 Å². The second kappa shape index (κ2) is 11.9. The Morgan fingerprint density at radius 2 is 1.85 bits per heavy atom. The van der Waals surface area contributed by atoms with E-state index >= 15 is 0 Å². The first-order valence-electron chi connectivity index (χ1n) is 13.4. The first-order valence-corrected chi connectivity index (χ1v) is 15.0. The zero-order chi connectivity index (χ0) is 29.3. The lowest BCUT2D eigenvalue weighted by atomic mass is 9.95. The maximum absolute atomic E-state index is 14.0. The number of rotatable bonds is 11. The van der Waals surface area contributed by atoms with Gasteiger partial charge < -0.3 is 19.3 Å². The first kappa shape index (κ1) is 28.6. The number of benzene rings is 2. The summed E-state index contributed by atoms with van der Waals surface area (Å²) < 4.78 is 18.0. The zero-order valence-corrected chi connectivity index (χ0v) is 25.1. The predicted molar refractivity (Wildman–Crippen MR) is 160 cm³/mol. The molecule has 1 atom stereocenters. The lowest BCUT2D eigenvalue weighted by molar-refractivity contribution is -0.117. The van der Waals surface area contributed by atoms with Gasteiger partial charge in [0.25, 0.3) is 5.91 Å². The van der Waals surface area contributed by atoms with Crippen molar-refractivity contribution in [3.63, 3.8) is 0 Å². The van der Waals surface area contributed by atoms with Crippen molar-refractivity contribution in [2.75, 3.05) is 25.2 Å². The Labute approximate surface area is 246 Å². The highest BCUT2D eigenvalue weighted by Crippen LogP contribution is 2.46. The number of hydrogen-bond acceptors (Lipinski definition) is 10. The zero-order valence-electron chi connectivity index (χ0n) is 23.5. The van der Waals surface area contributed by atoms with Crippen LogP contribution >= 0.6 is 22.7 Å². The van der Waals surface area contributed by atoms with Crippen LogP contribution in [-0.4, -0.2) is 47.1 Å². The molecule has 1 aliphatic heterocycles. The number of nitrogens with zero attached hydrogens (tertiary/aromatic N) is 3. The number of unbranched alkanes of at least 4 members (excludes halogenated alkanes) is 1. The van der Waals surface area contributed by atoms with Crippen molar-refractivity contribution < 1.29 is 28.9 Å². The van der Waals surface area contributed by atoms with Gasteiger partial charge in [-0.15, -0.1) is 11.3 Å². The smallest absolute Gasteiger partial charge is 0.296 e. The van der Waals surface area contributed by atoms with Crippen LogP contribution in [0.15, 0.2) is 47.7 Å². The minimum atomic E-state index is -0.955. The van der Waals surface area contributed by atoms with E-state index in [2.05, 4.69) is 11.9 Å². The summed E-state index contributed by atoms with van der Waals surface area (Å²) in [5.41, 5.74) is 1.76. The third-order valence-corrected chi connectivity index (χ3v) is 8.78. The molecule has 11 heteroatoms. The van der Waals surface area contributed by atoms with Crippen LogP contribution < -0.4 is 19.1 Å². The number of ketones is 1. The number of carbonyl (C=O) groups is 2. The molecule has 5 rings (SSSR count). The van der Waals surface area contributed by atoms with E-state index in [0.717, 1.165) is 22.5 Å². The van der Waals surface area contributed by atoms with Gasteiger partial charge in [0, 0.05) is 0 Å². The fraction of sp³-hybridized carbons (Fsp3) is 0.333. The molecule has 3 heterocycles. The minimum absolute atomic E-state index is 0.0271. The third-order valence-electron chi connectivity index (χ3n) is 6.69. The van der Waals surface area contributed by atoms with Crippen LogP contribution in [0.3, 0.4) is 0 Å².